The summed E-state index contributed by atoms with van der Waals surface area (Å²) in [6.45, 7) is 3.03. The molecule has 0 saturated carbocycles. The van der Waals surface area contributed by atoms with Crippen LogP contribution in [0.4, 0.5) is 4.39 Å². The number of carbonyl (C=O) groups is 2. The molecule has 8 nitrogen and oxygen atoms in total. The Kier molecular flexibility index (Phi) is 7.43. The number of likely N-dealkylation sites (tertiary alicyclic amines) is 1. The summed E-state index contributed by atoms with van der Waals surface area (Å²) in [5.41, 5.74) is 2.02. The summed E-state index contributed by atoms with van der Waals surface area (Å²) in [7, 11) is 0. The predicted molar refractivity (Wildman–Crippen MR) is 134 cm³/mol. The second-order valence-electron chi connectivity index (χ2n) is 9.20. The number of ether oxygens (including phenoxy) is 2. The van der Waals surface area contributed by atoms with Gasteiger partial charge in [-0.15, -0.1) is 0 Å². The van der Waals surface area contributed by atoms with Gasteiger partial charge in [0, 0.05) is 17.7 Å². The van der Waals surface area contributed by atoms with Crippen molar-refractivity contribution < 1.29 is 28.6 Å². The van der Waals surface area contributed by atoms with E-state index in [1.54, 1.807) is 36.4 Å². The van der Waals surface area contributed by atoms with Crippen LogP contribution in [0.25, 0.3) is 11.3 Å². The maximum atomic E-state index is 13.1. The highest BCUT2D eigenvalue weighted by Gasteiger charge is 2.30. The van der Waals surface area contributed by atoms with Crippen LogP contribution in [0.5, 0.6) is 11.5 Å². The zero-order valence-electron chi connectivity index (χ0n) is 20.2. The van der Waals surface area contributed by atoms with Crippen LogP contribution < -0.4 is 14.8 Å². The second-order valence-corrected chi connectivity index (χ2v) is 9.20. The largest absolute Gasteiger partial charge is 0.486 e. The molecule has 2 aromatic carbocycles. The molecule has 1 fully saturated rings. The van der Waals surface area contributed by atoms with Crippen LogP contribution >= 0.6 is 0 Å². The molecule has 5 rings (SSSR count). The van der Waals surface area contributed by atoms with Crippen LogP contribution in [0.1, 0.15) is 34.9 Å². The van der Waals surface area contributed by atoms with Crippen LogP contribution in [0, 0.1) is 5.82 Å². The monoisotopic (exact) mass is 505 g/mol. The number of nitrogens with zero attached hydrogens (tertiary/aromatic N) is 2. The van der Waals surface area contributed by atoms with Crippen LogP contribution in [0.2, 0.25) is 0 Å². The number of aliphatic hydroxyl groups is 1. The van der Waals surface area contributed by atoms with Crippen molar-refractivity contribution in [3.8, 4) is 22.8 Å². The number of hydrogen-bond acceptors (Lipinski definition) is 7. The molecule has 3 aromatic rings. The first kappa shape index (κ1) is 24.9. The van der Waals surface area contributed by atoms with Crippen molar-refractivity contribution >= 4 is 11.7 Å². The van der Waals surface area contributed by atoms with E-state index in [0.717, 1.165) is 32.1 Å². The van der Waals surface area contributed by atoms with Gasteiger partial charge in [-0.3, -0.25) is 14.6 Å². The van der Waals surface area contributed by atoms with E-state index in [1.165, 1.54) is 18.2 Å². The molecule has 0 radical (unpaired) electrons. The molecule has 2 N–H and O–H groups in total. The fourth-order valence-corrected chi connectivity index (χ4v) is 4.65. The first-order chi connectivity index (χ1) is 18.0. The SMILES string of the molecule is O=C(NC(CN1CCCC1)C(O)c1ccc2c(c1)OCCO2)C(=O)c1ccc(-c2ccc(F)cn2)cc1. The normalized spacial score (nSPS) is 16.7. The van der Waals surface area contributed by atoms with Gasteiger partial charge in [-0.25, -0.2) is 4.39 Å². The minimum absolute atomic E-state index is 0.206. The molecule has 1 amide bonds. The van der Waals surface area contributed by atoms with Gasteiger partial charge in [0.15, 0.2) is 11.5 Å². The van der Waals surface area contributed by atoms with Gasteiger partial charge in [0.25, 0.3) is 5.91 Å². The number of aliphatic hydroxyl groups excluding tert-OH is 1. The Morgan fingerprint density at radius 3 is 2.43 bits per heavy atom. The maximum Gasteiger partial charge on any atom is 0.292 e. The lowest BCUT2D eigenvalue weighted by Crippen LogP contribution is -2.48. The third-order valence-electron chi connectivity index (χ3n) is 6.64. The third-order valence-corrected chi connectivity index (χ3v) is 6.64. The molecule has 2 atom stereocenters. The van der Waals surface area contributed by atoms with Crippen molar-refractivity contribution in [1.29, 1.82) is 0 Å². The molecule has 2 aliphatic rings. The van der Waals surface area contributed by atoms with Crippen molar-refractivity contribution in [3.05, 3.63) is 77.7 Å². The van der Waals surface area contributed by atoms with E-state index in [9.17, 15) is 19.1 Å². The lowest BCUT2D eigenvalue weighted by molar-refractivity contribution is -0.118. The fraction of sp³-hybridized carbons (Fsp3) is 0.321. The van der Waals surface area contributed by atoms with E-state index < -0.39 is 29.7 Å². The zero-order valence-corrected chi connectivity index (χ0v) is 20.2. The maximum absolute atomic E-state index is 13.1. The smallest absolute Gasteiger partial charge is 0.292 e. The van der Waals surface area contributed by atoms with Crippen molar-refractivity contribution in [2.75, 3.05) is 32.8 Å². The van der Waals surface area contributed by atoms with Gasteiger partial charge in [0.05, 0.1) is 17.9 Å². The molecule has 2 aliphatic heterocycles. The molecule has 9 heteroatoms. The first-order valence-corrected chi connectivity index (χ1v) is 12.3. The number of fused-ring (bicyclic) bond motifs is 1. The molecule has 3 heterocycles. The van der Waals surface area contributed by atoms with E-state index in [4.69, 9.17) is 9.47 Å². The number of amides is 1. The summed E-state index contributed by atoms with van der Waals surface area (Å²) in [5.74, 6) is -0.792. The number of benzene rings is 2. The molecule has 1 aromatic heterocycles. The Hall–Kier alpha value is -3.82. The summed E-state index contributed by atoms with van der Waals surface area (Å²) in [4.78, 5) is 32.2. The van der Waals surface area contributed by atoms with Crippen LogP contribution in [0.3, 0.4) is 0 Å². The number of Topliss-reactive ketones (excluding diaryl/α,β-unsaturated/α-hetero) is 1. The predicted octanol–water partition coefficient (Wildman–Crippen LogP) is 3.16. The van der Waals surface area contributed by atoms with Crippen LogP contribution in [-0.4, -0.2) is 65.6 Å². The van der Waals surface area contributed by atoms with Gasteiger partial charge in [0.1, 0.15) is 25.1 Å². The Bertz CT molecular complexity index is 1260. The van der Waals surface area contributed by atoms with E-state index in [1.807, 2.05) is 0 Å². The fourth-order valence-electron chi connectivity index (χ4n) is 4.65. The number of pyridine rings is 1. The van der Waals surface area contributed by atoms with Crippen molar-refractivity contribution in [1.82, 2.24) is 15.2 Å². The van der Waals surface area contributed by atoms with E-state index in [2.05, 4.69) is 15.2 Å². The van der Waals surface area contributed by atoms with Crippen molar-refractivity contribution in [2.45, 2.75) is 25.0 Å². The number of carbonyl (C=O) groups excluding carboxylic acids is 2. The number of hydrogen-bond donors (Lipinski definition) is 2. The number of halogens is 1. The summed E-state index contributed by atoms with van der Waals surface area (Å²) in [5, 5.41) is 14.0. The standard InChI is InChI=1S/C28H28FN3O5/c29-21-8-9-22(30-16-21)18-3-5-19(6-4-18)27(34)28(35)31-23(17-32-11-1-2-12-32)26(33)20-7-10-24-25(15-20)37-14-13-36-24/h3-10,15-16,23,26,33H,1-2,11-14,17H2,(H,31,35). The molecule has 37 heavy (non-hydrogen) atoms. The van der Waals surface area contributed by atoms with Crippen molar-refractivity contribution in [2.24, 2.45) is 0 Å². The van der Waals surface area contributed by atoms with Crippen LogP contribution in [0.15, 0.2) is 60.8 Å². The Morgan fingerprint density at radius 1 is 1.00 bits per heavy atom. The molecule has 2 unspecified atom stereocenters. The molecular formula is C28H28FN3O5. The van der Waals surface area contributed by atoms with Crippen molar-refractivity contribution in [3.63, 3.8) is 0 Å². The average Bonchev–Trinajstić information content (AvgIpc) is 3.45. The highest BCUT2D eigenvalue weighted by Crippen LogP contribution is 2.33. The molecule has 0 aliphatic carbocycles. The summed E-state index contributed by atoms with van der Waals surface area (Å²) >= 11 is 0. The second kappa shape index (κ2) is 11.1. The number of rotatable bonds is 8. The zero-order chi connectivity index (χ0) is 25.8. The highest BCUT2D eigenvalue weighted by molar-refractivity contribution is 6.42. The van der Waals surface area contributed by atoms with Gasteiger partial charge < -0.3 is 24.8 Å². The minimum Gasteiger partial charge on any atom is -0.486 e. The highest BCUT2D eigenvalue weighted by atomic mass is 19.1. The van der Waals surface area contributed by atoms with E-state index >= 15 is 0 Å². The molecule has 192 valence electrons. The average molecular weight is 506 g/mol. The van der Waals surface area contributed by atoms with Gasteiger partial charge >= 0.3 is 0 Å². The van der Waals surface area contributed by atoms with Gasteiger partial charge in [-0.2, -0.15) is 0 Å². The Morgan fingerprint density at radius 2 is 1.73 bits per heavy atom. The van der Waals surface area contributed by atoms with Crippen LogP contribution in [-0.2, 0) is 4.79 Å². The Balaban J connectivity index is 1.31. The van der Waals surface area contributed by atoms with Gasteiger partial charge in [-0.05, 0) is 55.8 Å². The molecule has 1 saturated heterocycles. The number of aromatic nitrogens is 1. The summed E-state index contributed by atoms with van der Waals surface area (Å²) in [6.07, 6.45) is 2.17. The lowest BCUT2D eigenvalue weighted by atomic mass is 10.00. The summed E-state index contributed by atoms with van der Waals surface area (Å²) < 4.78 is 24.4. The van der Waals surface area contributed by atoms with Gasteiger partial charge in [-0.1, -0.05) is 30.3 Å². The topological polar surface area (TPSA) is 101 Å². The number of nitrogens with one attached hydrogen (secondary N) is 1. The third kappa shape index (κ3) is 5.79. The minimum atomic E-state index is -1.06. The summed E-state index contributed by atoms with van der Waals surface area (Å²) in [6, 6.07) is 13.7. The quantitative estimate of drug-likeness (QED) is 0.358. The van der Waals surface area contributed by atoms with E-state index in [-0.39, 0.29) is 5.56 Å². The van der Waals surface area contributed by atoms with Gasteiger partial charge in [0.2, 0.25) is 5.78 Å². The first-order valence-electron chi connectivity index (χ1n) is 12.3. The molecule has 0 bridgehead atoms. The molecule has 0 spiro atoms. The lowest BCUT2D eigenvalue weighted by Gasteiger charge is -2.29. The molecular weight excluding hydrogens is 477 g/mol. The van der Waals surface area contributed by atoms with E-state index in [0.29, 0.717) is 48.1 Å². The Labute approximate surface area is 214 Å². The number of ketones is 1.